The molecule has 0 heterocycles. The number of aliphatic hydroxyl groups excluding tert-OH is 2. The predicted molar refractivity (Wildman–Crippen MR) is 190 cm³/mol. The Hall–Kier alpha value is -5.95. The maximum Gasteiger partial charge on any atom is 0.326 e. The highest BCUT2D eigenvalue weighted by Crippen LogP contribution is 2.08. The molecule has 0 spiro atoms. The molecule has 0 radical (unpaired) electrons. The molecule has 25 heteroatoms. The zero-order chi connectivity index (χ0) is 44.2. The van der Waals surface area contributed by atoms with E-state index in [9.17, 15) is 78.3 Å². The Balaban J connectivity index is 5.96. The van der Waals surface area contributed by atoms with E-state index >= 15 is 0 Å². The van der Waals surface area contributed by atoms with Gasteiger partial charge in [0, 0.05) is 6.42 Å². The van der Waals surface area contributed by atoms with Crippen LogP contribution in [0.2, 0.25) is 0 Å². The lowest BCUT2D eigenvalue weighted by Gasteiger charge is -2.27. The van der Waals surface area contributed by atoms with Gasteiger partial charge in [0.25, 0.3) is 0 Å². The number of aliphatic carboxylic acids is 4. The lowest BCUT2D eigenvalue weighted by atomic mass is 10.0. The number of rotatable bonds is 27. The minimum Gasteiger partial charge on any atom is -0.481 e. The van der Waals surface area contributed by atoms with Crippen LogP contribution >= 0.6 is 0 Å². The van der Waals surface area contributed by atoms with Crippen LogP contribution in [0.1, 0.15) is 59.8 Å². The van der Waals surface area contributed by atoms with Crippen molar-refractivity contribution in [2.24, 2.45) is 17.6 Å². The van der Waals surface area contributed by atoms with Crippen molar-refractivity contribution in [3.05, 3.63) is 0 Å². The maximum atomic E-state index is 13.4. The first-order chi connectivity index (χ1) is 26.4. The quantitative estimate of drug-likeness (QED) is 0.0367. The molecular weight excluding hydrogens is 768 g/mol. The normalized spacial score (nSPS) is 14.6. The summed E-state index contributed by atoms with van der Waals surface area (Å²) < 4.78 is 0. The van der Waals surface area contributed by atoms with Gasteiger partial charge >= 0.3 is 23.9 Å². The van der Waals surface area contributed by atoms with Crippen molar-refractivity contribution in [3.8, 4) is 0 Å². The molecule has 57 heavy (non-hydrogen) atoms. The molecule has 0 aliphatic rings. The SMILES string of the molecule is CC(C)C[C@H](NC(=O)[C@H](CO)NC(=O)CNC(=O)[C@H](CC(=O)O)NC(=O)[C@@H](NC(=O)[C@H](CCC(=O)O)NC(=O)[C@H](CC(=O)O)NC(=O)[C@@H](N)CO)C(C)C)C(=O)O. The molecule has 0 bridgehead atoms. The van der Waals surface area contributed by atoms with Crippen LogP contribution in [0.15, 0.2) is 0 Å². The number of aliphatic hydroxyl groups is 2. The van der Waals surface area contributed by atoms with Crippen LogP contribution in [-0.4, -0.2) is 158 Å². The van der Waals surface area contributed by atoms with Crippen molar-refractivity contribution >= 4 is 65.2 Å². The number of nitrogens with one attached hydrogen (secondary N) is 7. The Morgan fingerprint density at radius 1 is 0.526 bits per heavy atom. The second-order valence-electron chi connectivity index (χ2n) is 13.4. The van der Waals surface area contributed by atoms with Gasteiger partial charge in [-0.1, -0.05) is 27.7 Å². The summed E-state index contributed by atoms with van der Waals surface area (Å²) in [4.78, 5) is 136. The number of hydrogen-bond acceptors (Lipinski definition) is 14. The largest absolute Gasteiger partial charge is 0.481 e. The number of carboxylic acid groups (broad SMARTS) is 4. The highest BCUT2D eigenvalue weighted by molar-refractivity contribution is 5.98. The summed E-state index contributed by atoms with van der Waals surface area (Å²) in [6.45, 7) is 3.44. The average Bonchev–Trinajstić information content (AvgIpc) is 3.10. The topological polar surface area (TPSA) is 419 Å². The van der Waals surface area contributed by atoms with E-state index in [0.717, 1.165) is 0 Å². The van der Waals surface area contributed by atoms with E-state index in [1.54, 1.807) is 13.8 Å². The van der Waals surface area contributed by atoms with Crippen molar-refractivity contribution in [1.29, 1.82) is 0 Å². The summed E-state index contributed by atoms with van der Waals surface area (Å²) in [5, 5.41) is 70.6. The molecule has 7 atom stereocenters. The van der Waals surface area contributed by atoms with Crippen LogP contribution in [0, 0.1) is 11.8 Å². The van der Waals surface area contributed by atoms with Gasteiger partial charge in [0.1, 0.15) is 42.3 Å². The van der Waals surface area contributed by atoms with E-state index in [2.05, 4.69) is 31.9 Å². The molecule has 0 fully saturated rings. The van der Waals surface area contributed by atoms with E-state index in [0.29, 0.717) is 0 Å². The fourth-order valence-electron chi connectivity index (χ4n) is 4.68. The molecule has 15 N–H and O–H groups in total. The van der Waals surface area contributed by atoms with Gasteiger partial charge in [-0.25, -0.2) is 4.79 Å². The van der Waals surface area contributed by atoms with Crippen LogP contribution in [0.4, 0.5) is 0 Å². The molecule has 0 saturated heterocycles. The minimum atomic E-state index is -1.89. The fraction of sp³-hybridized carbons (Fsp3) is 0.656. The Morgan fingerprint density at radius 2 is 1.00 bits per heavy atom. The second-order valence-corrected chi connectivity index (χ2v) is 13.4. The van der Waals surface area contributed by atoms with Gasteiger partial charge < -0.3 is 73.6 Å². The van der Waals surface area contributed by atoms with Gasteiger partial charge in [-0.05, 0) is 24.7 Å². The molecular formula is C32H52N8O17. The van der Waals surface area contributed by atoms with Crippen molar-refractivity contribution in [2.75, 3.05) is 19.8 Å². The molecule has 0 rings (SSSR count). The van der Waals surface area contributed by atoms with Crippen LogP contribution < -0.4 is 43.0 Å². The Labute approximate surface area is 325 Å². The molecule has 0 aromatic carbocycles. The molecule has 25 nitrogen and oxygen atoms in total. The van der Waals surface area contributed by atoms with Gasteiger partial charge in [-0.15, -0.1) is 0 Å². The third-order valence-electron chi connectivity index (χ3n) is 7.66. The number of carboxylic acids is 4. The first-order valence-electron chi connectivity index (χ1n) is 17.4. The van der Waals surface area contributed by atoms with Gasteiger partial charge in [-0.3, -0.25) is 47.9 Å². The van der Waals surface area contributed by atoms with Crippen molar-refractivity contribution in [2.45, 2.75) is 102 Å². The first kappa shape index (κ1) is 51.0. The average molecular weight is 821 g/mol. The third-order valence-corrected chi connectivity index (χ3v) is 7.66. The van der Waals surface area contributed by atoms with Crippen LogP contribution in [0.25, 0.3) is 0 Å². The summed E-state index contributed by atoms with van der Waals surface area (Å²) in [5.41, 5.74) is 5.39. The second kappa shape index (κ2) is 25.3. The highest BCUT2D eigenvalue weighted by Gasteiger charge is 2.35. The summed E-state index contributed by atoms with van der Waals surface area (Å²) in [7, 11) is 0. The number of carbonyl (C=O) groups is 11. The van der Waals surface area contributed by atoms with Crippen LogP contribution in [0.5, 0.6) is 0 Å². The minimum absolute atomic E-state index is 0.0295. The van der Waals surface area contributed by atoms with Crippen molar-refractivity contribution in [1.82, 2.24) is 37.2 Å². The molecule has 0 aromatic rings. The Kier molecular flexibility index (Phi) is 22.6. The van der Waals surface area contributed by atoms with Crippen molar-refractivity contribution < 1.29 is 83.4 Å². The van der Waals surface area contributed by atoms with Crippen LogP contribution in [-0.2, 0) is 52.7 Å². The maximum absolute atomic E-state index is 13.4. The summed E-state index contributed by atoms with van der Waals surface area (Å²) >= 11 is 0. The number of hydrogen-bond donors (Lipinski definition) is 14. The predicted octanol–water partition coefficient (Wildman–Crippen LogP) is -6.08. The molecule has 7 amide bonds. The number of carbonyl (C=O) groups excluding carboxylic acids is 7. The monoisotopic (exact) mass is 820 g/mol. The van der Waals surface area contributed by atoms with Crippen molar-refractivity contribution in [3.63, 3.8) is 0 Å². The van der Waals surface area contributed by atoms with E-state index in [1.165, 1.54) is 13.8 Å². The Bertz CT molecular complexity index is 1490. The summed E-state index contributed by atoms with van der Waals surface area (Å²) in [5.74, 6) is -15.1. The number of amides is 7. The molecule has 0 unspecified atom stereocenters. The molecule has 0 saturated carbocycles. The lowest BCUT2D eigenvalue weighted by molar-refractivity contribution is -0.143. The zero-order valence-corrected chi connectivity index (χ0v) is 31.6. The molecule has 0 aliphatic carbocycles. The lowest BCUT2D eigenvalue weighted by Crippen LogP contribution is -2.60. The van der Waals surface area contributed by atoms with Gasteiger partial charge in [0.2, 0.25) is 41.4 Å². The van der Waals surface area contributed by atoms with Gasteiger partial charge in [0.05, 0.1) is 32.6 Å². The van der Waals surface area contributed by atoms with E-state index in [1.807, 2.05) is 5.32 Å². The van der Waals surface area contributed by atoms with Gasteiger partial charge in [-0.2, -0.15) is 0 Å². The third kappa shape index (κ3) is 20.0. The Morgan fingerprint density at radius 3 is 1.46 bits per heavy atom. The first-order valence-corrected chi connectivity index (χ1v) is 17.4. The number of nitrogens with two attached hydrogens (primary N) is 1. The fourth-order valence-corrected chi connectivity index (χ4v) is 4.68. The summed E-state index contributed by atoms with van der Waals surface area (Å²) in [6, 6.07) is -11.7. The molecule has 0 aliphatic heterocycles. The van der Waals surface area contributed by atoms with E-state index < -0.39 is 159 Å². The molecule has 0 aromatic heterocycles. The highest BCUT2D eigenvalue weighted by atomic mass is 16.4. The van der Waals surface area contributed by atoms with Crippen LogP contribution in [0.3, 0.4) is 0 Å². The van der Waals surface area contributed by atoms with E-state index in [-0.39, 0.29) is 12.3 Å². The standard InChI is InChI=1S/C32H52N8O17/c1-13(2)7-19(32(56)57)39-30(54)20(12-42)35-21(43)10-34-27(51)17(8-23(46)47)38-31(55)25(14(3)4)40-28(52)16(5-6-22(44)45)36-29(53)18(9-24(48)49)37-26(50)15(33)11-41/h13-20,25,41-42H,5-12,33H2,1-4H3,(H,34,51)(H,35,43)(H,36,53)(H,37,50)(H,38,55)(H,39,54)(H,40,52)(H,44,45)(H,46,47)(H,48,49)(H,56,57)/t15-,16-,17-,18-,19-,20-,25-/m0/s1. The van der Waals surface area contributed by atoms with E-state index in [4.69, 9.17) is 10.8 Å². The smallest absolute Gasteiger partial charge is 0.326 e. The zero-order valence-electron chi connectivity index (χ0n) is 31.6. The summed E-state index contributed by atoms with van der Waals surface area (Å²) in [6.07, 6.45) is -3.41. The molecule has 322 valence electrons. The van der Waals surface area contributed by atoms with Gasteiger partial charge in [0.15, 0.2) is 0 Å².